The summed E-state index contributed by atoms with van der Waals surface area (Å²) in [5.41, 5.74) is 9.16. The van der Waals surface area contributed by atoms with E-state index in [1.54, 1.807) is 0 Å². The van der Waals surface area contributed by atoms with Crippen LogP contribution >= 0.6 is 11.8 Å². The van der Waals surface area contributed by atoms with Crippen LogP contribution in [0.25, 0.3) is 5.57 Å². The summed E-state index contributed by atoms with van der Waals surface area (Å²) < 4.78 is 0. The zero-order valence-corrected chi connectivity index (χ0v) is 15.3. The van der Waals surface area contributed by atoms with Crippen molar-refractivity contribution in [2.75, 3.05) is 36.9 Å². The number of nitrogens with zero attached hydrogens (tertiary/aromatic N) is 3. The standard InChI is InChI=1S/C19H26N4OS/c1-2-3-4-5-8-25-12-15-10-23(11-17(15)24)9-14-6-7-16-18(14)21-13-22-19(16)20/h1,6,13,15,17,24H,3-5,7-12H2,(H2,20,21,22)/t15-,17+/m1/s1. The lowest BCUT2D eigenvalue weighted by Gasteiger charge is -2.16. The number of β-amino-alcohol motifs (C(OH)–C–C–N with tert-alkyl or cyclic N) is 1. The van der Waals surface area contributed by atoms with Crippen LogP contribution in [0.15, 0.2) is 12.4 Å². The first-order valence-corrected chi connectivity index (χ1v) is 10.0. The van der Waals surface area contributed by atoms with Gasteiger partial charge in [0.1, 0.15) is 12.1 Å². The van der Waals surface area contributed by atoms with E-state index in [9.17, 15) is 5.11 Å². The number of unbranched alkanes of at least 4 members (excludes halogenated alkanes) is 2. The Labute approximate surface area is 154 Å². The maximum absolute atomic E-state index is 10.4. The molecule has 1 aromatic rings. The number of terminal acetylenes is 1. The fraction of sp³-hybridized carbons (Fsp3) is 0.579. The molecular formula is C19H26N4OS. The third kappa shape index (κ3) is 4.55. The predicted molar refractivity (Wildman–Crippen MR) is 104 cm³/mol. The topological polar surface area (TPSA) is 75.3 Å². The first-order chi connectivity index (χ1) is 12.2. The lowest BCUT2D eigenvalue weighted by molar-refractivity contribution is 0.151. The average Bonchev–Trinajstić information content (AvgIpc) is 3.16. The second-order valence-corrected chi connectivity index (χ2v) is 7.93. The van der Waals surface area contributed by atoms with Gasteiger partial charge in [0.05, 0.1) is 11.8 Å². The van der Waals surface area contributed by atoms with Crippen LogP contribution in [0, 0.1) is 18.3 Å². The van der Waals surface area contributed by atoms with E-state index in [4.69, 9.17) is 12.2 Å². The number of thioether (sulfide) groups is 1. The fourth-order valence-corrected chi connectivity index (χ4v) is 4.71. The highest BCUT2D eigenvalue weighted by Gasteiger charge is 2.32. The number of rotatable bonds is 8. The molecule has 0 amide bonds. The number of hydrogen-bond acceptors (Lipinski definition) is 6. The molecule has 1 aromatic heterocycles. The Morgan fingerprint density at radius 3 is 3.08 bits per heavy atom. The van der Waals surface area contributed by atoms with Gasteiger partial charge < -0.3 is 10.8 Å². The zero-order valence-electron chi connectivity index (χ0n) is 14.5. The molecular weight excluding hydrogens is 332 g/mol. The summed E-state index contributed by atoms with van der Waals surface area (Å²) in [6.07, 6.45) is 12.7. The number of aromatic nitrogens is 2. The Hall–Kier alpha value is -1.55. The van der Waals surface area contributed by atoms with E-state index < -0.39 is 0 Å². The highest BCUT2D eigenvalue weighted by molar-refractivity contribution is 7.99. The summed E-state index contributed by atoms with van der Waals surface area (Å²) in [7, 11) is 0. The maximum atomic E-state index is 10.4. The Morgan fingerprint density at radius 2 is 2.24 bits per heavy atom. The van der Waals surface area contributed by atoms with Gasteiger partial charge in [-0.3, -0.25) is 4.90 Å². The molecule has 1 aliphatic heterocycles. The lowest BCUT2D eigenvalue weighted by atomic mass is 10.1. The van der Waals surface area contributed by atoms with Crippen molar-refractivity contribution in [2.24, 2.45) is 5.92 Å². The van der Waals surface area contributed by atoms with Crippen LogP contribution in [0.2, 0.25) is 0 Å². The van der Waals surface area contributed by atoms with Crippen LogP contribution in [0.3, 0.4) is 0 Å². The fourth-order valence-electron chi connectivity index (χ4n) is 3.51. The Bertz CT molecular complexity index is 670. The minimum Gasteiger partial charge on any atom is -0.391 e. The van der Waals surface area contributed by atoms with Gasteiger partial charge in [-0.2, -0.15) is 11.8 Å². The number of likely N-dealkylation sites (tertiary alicyclic amines) is 1. The quantitative estimate of drug-likeness (QED) is 0.545. The number of nitrogen functional groups attached to an aromatic ring is 1. The Kier molecular flexibility index (Phi) is 6.35. The molecule has 6 heteroatoms. The van der Waals surface area contributed by atoms with Crippen molar-refractivity contribution in [2.45, 2.75) is 31.8 Å². The van der Waals surface area contributed by atoms with Crippen molar-refractivity contribution in [3.05, 3.63) is 23.7 Å². The second kappa shape index (κ2) is 8.70. The van der Waals surface area contributed by atoms with Crippen molar-refractivity contribution < 1.29 is 5.11 Å². The minimum atomic E-state index is -0.241. The highest BCUT2D eigenvalue weighted by Crippen LogP contribution is 2.30. The molecule has 1 saturated heterocycles. The van der Waals surface area contributed by atoms with E-state index in [-0.39, 0.29) is 6.10 Å². The number of allylic oxidation sites excluding steroid dienone is 1. The van der Waals surface area contributed by atoms with Crippen molar-refractivity contribution in [3.8, 4) is 12.3 Å². The Balaban J connectivity index is 1.45. The van der Waals surface area contributed by atoms with Gasteiger partial charge in [0.2, 0.25) is 0 Å². The maximum Gasteiger partial charge on any atom is 0.130 e. The number of anilines is 1. The monoisotopic (exact) mass is 358 g/mol. The van der Waals surface area contributed by atoms with E-state index in [2.05, 4.69) is 26.9 Å². The van der Waals surface area contributed by atoms with Gasteiger partial charge in [0, 0.05) is 37.5 Å². The SMILES string of the molecule is C#CCCCCSC[C@H]1CN(CC2=CCc3c(N)ncnc32)C[C@@H]1O. The molecule has 1 aliphatic carbocycles. The molecule has 3 rings (SSSR count). The summed E-state index contributed by atoms with van der Waals surface area (Å²) in [4.78, 5) is 10.8. The third-order valence-corrected chi connectivity index (χ3v) is 6.14. The molecule has 2 atom stereocenters. The van der Waals surface area contributed by atoms with Crippen molar-refractivity contribution in [1.82, 2.24) is 14.9 Å². The number of aliphatic hydroxyl groups is 1. The minimum absolute atomic E-state index is 0.241. The van der Waals surface area contributed by atoms with Crippen LogP contribution < -0.4 is 5.73 Å². The third-order valence-electron chi connectivity index (χ3n) is 4.90. The van der Waals surface area contributed by atoms with E-state index in [1.165, 1.54) is 11.9 Å². The van der Waals surface area contributed by atoms with Crippen LogP contribution in [-0.4, -0.2) is 57.2 Å². The van der Waals surface area contributed by atoms with Crippen molar-refractivity contribution in [3.63, 3.8) is 0 Å². The van der Waals surface area contributed by atoms with E-state index in [0.29, 0.717) is 11.7 Å². The summed E-state index contributed by atoms with van der Waals surface area (Å²) >= 11 is 1.93. The van der Waals surface area contributed by atoms with Gasteiger partial charge in [0.25, 0.3) is 0 Å². The molecule has 0 saturated carbocycles. The normalized spacial score (nSPS) is 22.6. The molecule has 0 radical (unpaired) electrons. The van der Waals surface area contributed by atoms with Crippen molar-refractivity contribution >= 4 is 23.2 Å². The molecule has 134 valence electrons. The molecule has 3 N–H and O–H groups in total. The molecule has 0 spiro atoms. The number of aliphatic hydroxyl groups excluding tert-OH is 1. The van der Waals surface area contributed by atoms with Gasteiger partial charge in [-0.1, -0.05) is 6.08 Å². The molecule has 2 heterocycles. The molecule has 0 aromatic carbocycles. The van der Waals surface area contributed by atoms with Crippen LogP contribution in [0.5, 0.6) is 0 Å². The summed E-state index contributed by atoms with van der Waals surface area (Å²) in [5.74, 6) is 5.74. The highest BCUT2D eigenvalue weighted by atomic mass is 32.2. The summed E-state index contributed by atoms with van der Waals surface area (Å²) in [6.45, 7) is 2.49. The van der Waals surface area contributed by atoms with Crippen LogP contribution in [0.4, 0.5) is 5.82 Å². The van der Waals surface area contributed by atoms with Crippen LogP contribution in [-0.2, 0) is 6.42 Å². The van der Waals surface area contributed by atoms with Crippen molar-refractivity contribution in [1.29, 1.82) is 0 Å². The first-order valence-electron chi connectivity index (χ1n) is 8.89. The van der Waals surface area contributed by atoms with E-state index in [1.807, 2.05) is 11.8 Å². The number of fused-ring (bicyclic) bond motifs is 1. The number of hydrogen-bond donors (Lipinski definition) is 2. The van der Waals surface area contributed by atoms with Gasteiger partial charge in [-0.15, -0.1) is 12.3 Å². The molecule has 1 fully saturated rings. The van der Waals surface area contributed by atoms with Gasteiger partial charge in [-0.05, 0) is 36.3 Å². The molecule has 0 bridgehead atoms. The molecule has 0 unspecified atom stereocenters. The zero-order chi connectivity index (χ0) is 17.6. The average molecular weight is 359 g/mol. The van der Waals surface area contributed by atoms with E-state index in [0.717, 1.165) is 68.1 Å². The largest absolute Gasteiger partial charge is 0.391 e. The Morgan fingerprint density at radius 1 is 1.36 bits per heavy atom. The van der Waals surface area contributed by atoms with E-state index >= 15 is 0 Å². The van der Waals surface area contributed by atoms with Crippen LogP contribution in [0.1, 0.15) is 30.5 Å². The predicted octanol–water partition coefficient (Wildman–Crippen LogP) is 1.83. The van der Waals surface area contributed by atoms with Gasteiger partial charge in [0.15, 0.2) is 0 Å². The number of nitrogens with two attached hydrogens (primary N) is 1. The summed E-state index contributed by atoms with van der Waals surface area (Å²) in [5, 5.41) is 10.4. The summed E-state index contributed by atoms with van der Waals surface area (Å²) in [6, 6.07) is 0. The molecule has 5 nitrogen and oxygen atoms in total. The molecule has 2 aliphatic rings. The lowest BCUT2D eigenvalue weighted by Crippen LogP contribution is -2.24. The second-order valence-electron chi connectivity index (χ2n) is 6.78. The smallest absolute Gasteiger partial charge is 0.130 e. The van der Waals surface area contributed by atoms with Gasteiger partial charge >= 0.3 is 0 Å². The molecule has 25 heavy (non-hydrogen) atoms. The van der Waals surface area contributed by atoms with Gasteiger partial charge in [-0.25, -0.2) is 9.97 Å². The first kappa shape index (κ1) is 18.2.